The van der Waals surface area contributed by atoms with Crippen LogP contribution in [0.1, 0.15) is 35.3 Å². The molecule has 1 N–H and O–H groups in total. The number of fused-ring (bicyclic) bond motifs is 1. The molecular formula is C20H19N5O2S2. The molecule has 29 heavy (non-hydrogen) atoms. The molecule has 7 nitrogen and oxygen atoms in total. The van der Waals surface area contributed by atoms with Crippen LogP contribution in [0.3, 0.4) is 0 Å². The first-order chi connectivity index (χ1) is 14.0. The van der Waals surface area contributed by atoms with Gasteiger partial charge in [0.05, 0.1) is 16.3 Å². The molecule has 0 unspecified atom stereocenters. The molecule has 0 aliphatic heterocycles. The maximum Gasteiger partial charge on any atom is 0.274 e. The van der Waals surface area contributed by atoms with Crippen molar-refractivity contribution in [3.05, 3.63) is 75.1 Å². The Balaban J connectivity index is 1.54. The van der Waals surface area contributed by atoms with Crippen molar-refractivity contribution in [3.63, 3.8) is 0 Å². The van der Waals surface area contributed by atoms with Crippen LogP contribution in [0.2, 0.25) is 0 Å². The minimum Gasteiger partial charge on any atom is -0.320 e. The number of para-hydroxylation sites is 1. The van der Waals surface area contributed by atoms with Gasteiger partial charge in [-0.3, -0.25) is 14.3 Å². The molecule has 0 saturated heterocycles. The number of thiophene rings is 1. The first-order valence-corrected chi connectivity index (χ1v) is 10.9. The Morgan fingerprint density at radius 3 is 2.83 bits per heavy atom. The zero-order chi connectivity index (χ0) is 20.4. The lowest BCUT2D eigenvalue weighted by Gasteiger charge is -2.10. The molecule has 3 heterocycles. The molecule has 1 amide bonds. The minimum absolute atomic E-state index is 0.110. The SMILES string of the molecule is CC(C)n1cnc2nc(CSc3ccccc3NC(=O)c3cccs3)cc(=O)n21. The summed E-state index contributed by atoms with van der Waals surface area (Å²) in [4.78, 5) is 35.2. The van der Waals surface area contributed by atoms with Crippen LogP contribution in [-0.4, -0.2) is 25.1 Å². The summed E-state index contributed by atoms with van der Waals surface area (Å²) in [6.45, 7) is 3.97. The number of nitrogens with one attached hydrogen (secondary N) is 1. The number of thioether (sulfide) groups is 1. The third-order valence-corrected chi connectivity index (χ3v) is 6.21. The number of hydrogen-bond acceptors (Lipinski definition) is 6. The maximum atomic E-state index is 12.5. The van der Waals surface area contributed by atoms with E-state index in [1.807, 2.05) is 49.6 Å². The average Bonchev–Trinajstić information content (AvgIpc) is 3.37. The van der Waals surface area contributed by atoms with E-state index in [4.69, 9.17) is 0 Å². The minimum atomic E-state index is -0.156. The van der Waals surface area contributed by atoms with E-state index in [1.165, 1.54) is 33.7 Å². The van der Waals surface area contributed by atoms with Gasteiger partial charge in [-0.15, -0.1) is 23.1 Å². The van der Waals surface area contributed by atoms with Crippen LogP contribution in [0.25, 0.3) is 5.78 Å². The van der Waals surface area contributed by atoms with E-state index in [0.717, 1.165) is 10.6 Å². The van der Waals surface area contributed by atoms with E-state index in [0.29, 0.717) is 22.1 Å². The van der Waals surface area contributed by atoms with Crippen LogP contribution in [0.4, 0.5) is 5.69 Å². The fourth-order valence-corrected chi connectivity index (χ4v) is 4.37. The third kappa shape index (κ3) is 4.10. The number of rotatable bonds is 6. The number of hydrogen-bond donors (Lipinski definition) is 1. The van der Waals surface area contributed by atoms with Gasteiger partial charge in [-0.25, -0.2) is 4.98 Å². The van der Waals surface area contributed by atoms with Gasteiger partial charge in [-0.05, 0) is 37.4 Å². The summed E-state index contributed by atoms with van der Waals surface area (Å²) in [6.07, 6.45) is 1.63. The molecule has 0 aliphatic rings. The Labute approximate surface area is 175 Å². The molecule has 0 radical (unpaired) electrons. The van der Waals surface area contributed by atoms with Gasteiger partial charge in [0.2, 0.25) is 0 Å². The predicted octanol–water partition coefficient (Wildman–Crippen LogP) is 4.08. The van der Waals surface area contributed by atoms with Crippen LogP contribution in [0.15, 0.2) is 63.9 Å². The Bertz CT molecular complexity index is 1210. The molecule has 0 aliphatic carbocycles. The molecule has 9 heteroatoms. The summed E-state index contributed by atoms with van der Waals surface area (Å²) in [7, 11) is 0. The largest absolute Gasteiger partial charge is 0.320 e. The summed E-state index contributed by atoms with van der Waals surface area (Å²) in [6, 6.07) is 12.9. The standard InChI is InChI=1S/C20H19N5O2S2/c1-13(2)24-12-21-20-22-14(10-18(26)25(20)24)11-29-16-7-4-3-6-15(16)23-19(27)17-8-5-9-28-17/h3-10,12-13H,11H2,1-2H3,(H,23,27). The molecule has 0 bridgehead atoms. The van der Waals surface area contributed by atoms with E-state index < -0.39 is 0 Å². The highest BCUT2D eigenvalue weighted by atomic mass is 32.2. The van der Waals surface area contributed by atoms with Crippen LogP contribution in [-0.2, 0) is 5.75 Å². The second kappa shape index (κ2) is 8.22. The maximum absolute atomic E-state index is 12.5. The van der Waals surface area contributed by atoms with Crippen molar-refractivity contribution in [2.45, 2.75) is 30.5 Å². The highest BCUT2D eigenvalue weighted by Gasteiger charge is 2.13. The van der Waals surface area contributed by atoms with Gasteiger partial charge >= 0.3 is 0 Å². The predicted molar refractivity (Wildman–Crippen MR) is 116 cm³/mol. The van der Waals surface area contributed by atoms with Crippen molar-refractivity contribution in [2.75, 3.05) is 5.32 Å². The number of aromatic nitrogens is 4. The third-order valence-electron chi connectivity index (χ3n) is 4.24. The number of amides is 1. The fourth-order valence-electron chi connectivity index (χ4n) is 2.85. The summed E-state index contributed by atoms with van der Waals surface area (Å²) >= 11 is 2.91. The smallest absolute Gasteiger partial charge is 0.274 e. The first kappa shape index (κ1) is 19.4. The van der Waals surface area contributed by atoms with Crippen LogP contribution < -0.4 is 10.9 Å². The van der Waals surface area contributed by atoms with Gasteiger partial charge in [0.1, 0.15) is 6.33 Å². The monoisotopic (exact) mass is 425 g/mol. The summed E-state index contributed by atoms with van der Waals surface area (Å²) < 4.78 is 3.24. The van der Waals surface area contributed by atoms with Crippen molar-refractivity contribution in [3.8, 4) is 0 Å². The lowest BCUT2D eigenvalue weighted by molar-refractivity contribution is 0.103. The molecule has 0 spiro atoms. The fraction of sp³-hybridized carbons (Fsp3) is 0.200. The van der Waals surface area contributed by atoms with Crippen molar-refractivity contribution >= 4 is 40.5 Å². The highest BCUT2D eigenvalue weighted by Crippen LogP contribution is 2.30. The molecule has 0 saturated carbocycles. The van der Waals surface area contributed by atoms with E-state index in [-0.39, 0.29) is 17.5 Å². The Kier molecular flexibility index (Phi) is 5.50. The molecule has 0 fully saturated rings. The van der Waals surface area contributed by atoms with Crippen molar-refractivity contribution in [1.82, 2.24) is 19.2 Å². The molecule has 4 rings (SSSR count). The lowest BCUT2D eigenvalue weighted by Crippen LogP contribution is -2.22. The van der Waals surface area contributed by atoms with Gasteiger partial charge < -0.3 is 5.32 Å². The summed E-state index contributed by atoms with van der Waals surface area (Å²) in [5, 5.41) is 4.83. The van der Waals surface area contributed by atoms with E-state index in [1.54, 1.807) is 17.1 Å². The highest BCUT2D eigenvalue weighted by molar-refractivity contribution is 7.98. The first-order valence-electron chi connectivity index (χ1n) is 9.05. The number of nitrogens with zero attached hydrogens (tertiary/aromatic N) is 4. The van der Waals surface area contributed by atoms with Gasteiger partial charge in [-0.2, -0.15) is 9.50 Å². The number of carbonyl (C=O) groups is 1. The Morgan fingerprint density at radius 2 is 2.07 bits per heavy atom. The van der Waals surface area contributed by atoms with Gasteiger partial charge in [0, 0.05) is 22.8 Å². The van der Waals surface area contributed by atoms with Crippen LogP contribution in [0, 0.1) is 0 Å². The molecule has 1 aromatic carbocycles. The number of anilines is 1. The number of carbonyl (C=O) groups excluding carboxylic acids is 1. The topological polar surface area (TPSA) is 81.3 Å². The van der Waals surface area contributed by atoms with Crippen molar-refractivity contribution in [2.24, 2.45) is 0 Å². The summed E-state index contributed by atoms with van der Waals surface area (Å²) in [5.41, 5.74) is 1.22. The van der Waals surface area contributed by atoms with E-state index >= 15 is 0 Å². The quantitative estimate of drug-likeness (QED) is 0.471. The van der Waals surface area contributed by atoms with Crippen molar-refractivity contribution < 1.29 is 4.79 Å². The van der Waals surface area contributed by atoms with Gasteiger partial charge in [0.25, 0.3) is 17.2 Å². The zero-order valence-corrected chi connectivity index (χ0v) is 17.5. The molecular weight excluding hydrogens is 406 g/mol. The summed E-state index contributed by atoms with van der Waals surface area (Å²) in [5.74, 6) is 0.748. The average molecular weight is 426 g/mol. The Hall–Kier alpha value is -2.91. The second-order valence-electron chi connectivity index (χ2n) is 6.63. The van der Waals surface area contributed by atoms with Crippen molar-refractivity contribution in [1.29, 1.82) is 0 Å². The van der Waals surface area contributed by atoms with Crippen LogP contribution in [0.5, 0.6) is 0 Å². The molecule has 4 aromatic rings. The van der Waals surface area contributed by atoms with Crippen LogP contribution >= 0.6 is 23.1 Å². The number of benzene rings is 1. The molecule has 3 aromatic heterocycles. The Morgan fingerprint density at radius 1 is 1.24 bits per heavy atom. The van der Waals surface area contributed by atoms with E-state index in [9.17, 15) is 9.59 Å². The normalized spacial score (nSPS) is 11.3. The second-order valence-corrected chi connectivity index (χ2v) is 8.60. The molecule has 148 valence electrons. The van der Waals surface area contributed by atoms with Gasteiger partial charge in [0.15, 0.2) is 0 Å². The zero-order valence-electron chi connectivity index (χ0n) is 15.9. The lowest BCUT2D eigenvalue weighted by atomic mass is 10.3. The molecule has 0 atom stereocenters. The van der Waals surface area contributed by atoms with Gasteiger partial charge in [-0.1, -0.05) is 18.2 Å². The van der Waals surface area contributed by atoms with E-state index in [2.05, 4.69) is 15.3 Å².